The third-order valence-electron chi connectivity index (χ3n) is 2.49. The van der Waals surface area contributed by atoms with Crippen molar-refractivity contribution >= 4 is 9.84 Å². The zero-order valence-corrected chi connectivity index (χ0v) is 11.2. The average molecular weight is 267 g/mol. The fraction of sp³-hybridized carbons (Fsp3) is 0.462. The van der Waals surface area contributed by atoms with Crippen LogP contribution in [-0.2, 0) is 9.84 Å². The summed E-state index contributed by atoms with van der Waals surface area (Å²) >= 11 is 0. The Labute approximate surface area is 108 Å². The van der Waals surface area contributed by atoms with Gasteiger partial charge in [0.2, 0.25) is 0 Å². The van der Waals surface area contributed by atoms with Crippen molar-refractivity contribution in [1.82, 2.24) is 0 Å². The van der Waals surface area contributed by atoms with Crippen LogP contribution in [0.1, 0.15) is 18.4 Å². The molecule has 0 aromatic heterocycles. The van der Waals surface area contributed by atoms with E-state index < -0.39 is 15.6 Å². The SMILES string of the molecule is Cc1ccccc1OCCCCS(=O)(=O)CC#N. The number of aryl methyl sites for hydroxylation is 1. The molecule has 0 saturated heterocycles. The molecule has 0 N–H and O–H groups in total. The van der Waals surface area contributed by atoms with Gasteiger partial charge in [0.15, 0.2) is 9.84 Å². The molecular weight excluding hydrogens is 250 g/mol. The molecule has 0 unspecified atom stereocenters. The van der Waals surface area contributed by atoms with Crippen LogP contribution in [0.5, 0.6) is 5.75 Å². The molecule has 0 spiro atoms. The summed E-state index contributed by atoms with van der Waals surface area (Å²) in [7, 11) is -3.20. The number of ether oxygens (including phenoxy) is 1. The maximum atomic E-state index is 11.3. The van der Waals surface area contributed by atoms with Crippen molar-refractivity contribution < 1.29 is 13.2 Å². The van der Waals surface area contributed by atoms with E-state index in [1.54, 1.807) is 6.07 Å². The summed E-state index contributed by atoms with van der Waals surface area (Å²) in [6.07, 6.45) is 1.19. The minimum Gasteiger partial charge on any atom is -0.493 e. The Kier molecular flexibility index (Phi) is 5.66. The van der Waals surface area contributed by atoms with E-state index in [4.69, 9.17) is 10.00 Å². The van der Waals surface area contributed by atoms with Gasteiger partial charge in [0.1, 0.15) is 11.5 Å². The van der Waals surface area contributed by atoms with Gasteiger partial charge in [-0.15, -0.1) is 0 Å². The molecule has 0 saturated carbocycles. The highest BCUT2D eigenvalue weighted by molar-refractivity contribution is 7.91. The maximum absolute atomic E-state index is 11.3. The highest BCUT2D eigenvalue weighted by Gasteiger charge is 2.09. The Hall–Kier alpha value is -1.54. The average Bonchev–Trinajstić information content (AvgIpc) is 2.31. The van der Waals surface area contributed by atoms with Crippen LogP contribution in [0, 0.1) is 18.3 Å². The molecule has 0 fully saturated rings. The molecular formula is C13H17NO3S. The first-order valence-electron chi connectivity index (χ1n) is 5.81. The van der Waals surface area contributed by atoms with Gasteiger partial charge in [-0.3, -0.25) is 0 Å². The van der Waals surface area contributed by atoms with Gasteiger partial charge in [-0.25, -0.2) is 8.42 Å². The van der Waals surface area contributed by atoms with Crippen molar-refractivity contribution in [3.63, 3.8) is 0 Å². The Balaban J connectivity index is 2.25. The van der Waals surface area contributed by atoms with Gasteiger partial charge in [0, 0.05) is 0 Å². The predicted octanol–water partition coefficient (Wildman–Crippen LogP) is 2.09. The van der Waals surface area contributed by atoms with Crippen LogP contribution >= 0.6 is 0 Å². The largest absolute Gasteiger partial charge is 0.493 e. The van der Waals surface area contributed by atoms with E-state index >= 15 is 0 Å². The zero-order valence-electron chi connectivity index (χ0n) is 10.4. The lowest BCUT2D eigenvalue weighted by Gasteiger charge is -2.08. The molecule has 18 heavy (non-hydrogen) atoms. The fourth-order valence-electron chi connectivity index (χ4n) is 1.50. The Morgan fingerprint density at radius 2 is 2.00 bits per heavy atom. The van der Waals surface area contributed by atoms with Gasteiger partial charge in [0.05, 0.1) is 18.4 Å². The van der Waals surface area contributed by atoms with Crippen molar-refractivity contribution in [3.05, 3.63) is 29.8 Å². The lowest BCUT2D eigenvalue weighted by Crippen LogP contribution is -2.10. The molecule has 1 rings (SSSR count). The second-order valence-electron chi connectivity index (χ2n) is 4.07. The number of nitriles is 1. The van der Waals surface area contributed by atoms with Crippen LogP contribution < -0.4 is 4.74 Å². The van der Waals surface area contributed by atoms with E-state index in [0.717, 1.165) is 11.3 Å². The quantitative estimate of drug-likeness (QED) is 0.709. The number of sulfone groups is 1. The number of unbranched alkanes of at least 4 members (excludes halogenated alkanes) is 1. The van der Waals surface area contributed by atoms with Gasteiger partial charge in [-0.2, -0.15) is 5.26 Å². The summed E-state index contributed by atoms with van der Waals surface area (Å²) in [5.74, 6) is 0.487. The molecule has 4 nitrogen and oxygen atoms in total. The zero-order chi connectivity index (χ0) is 13.4. The topological polar surface area (TPSA) is 67.2 Å². The first-order chi connectivity index (χ1) is 8.55. The summed E-state index contributed by atoms with van der Waals surface area (Å²) in [6.45, 7) is 2.46. The third kappa shape index (κ3) is 5.19. The lowest BCUT2D eigenvalue weighted by atomic mass is 10.2. The minimum atomic E-state index is -3.20. The first-order valence-corrected chi connectivity index (χ1v) is 7.63. The van der Waals surface area contributed by atoms with Gasteiger partial charge in [-0.05, 0) is 31.4 Å². The fourth-order valence-corrected chi connectivity index (χ4v) is 2.48. The van der Waals surface area contributed by atoms with E-state index in [2.05, 4.69) is 0 Å². The Morgan fingerprint density at radius 1 is 1.28 bits per heavy atom. The van der Waals surface area contributed by atoms with Gasteiger partial charge < -0.3 is 4.74 Å². The normalized spacial score (nSPS) is 10.9. The van der Waals surface area contributed by atoms with E-state index in [9.17, 15) is 8.42 Å². The number of para-hydroxylation sites is 1. The van der Waals surface area contributed by atoms with Crippen molar-refractivity contribution in [2.45, 2.75) is 19.8 Å². The van der Waals surface area contributed by atoms with Crippen molar-refractivity contribution in [2.24, 2.45) is 0 Å². The van der Waals surface area contributed by atoms with E-state index in [1.807, 2.05) is 31.2 Å². The van der Waals surface area contributed by atoms with Crippen molar-refractivity contribution in [1.29, 1.82) is 5.26 Å². The molecule has 0 atom stereocenters. The highest BCUT2D eigenvalue weighted by Crippen LogP contribution is 2.16. The maximum Gasteiger partial charge on any atom is 0.163 e. The van der Waals surface area contributed by atoms with Crippen LogP contribution in [0.4, 0.5) is 0 Å². The van der Waals surface area contributed by atoms with Crippen molar-refractivity contribution in [2.75, 3.05) is 18.1 Å². The van der Waals surface area contributed by atoms with E-state index in [1.165, 1.54) is 0 Å². The standard InChI is InChI=1S/C13H17NO3S/c1-12-6-2-3-7-13(12)17-9-4-5-10-18(15,16)11-8-14/h2-3,6-7H,4-5,9-11H2,1H3. The first kappa shape index (κ1) is 14.5. The molecule has 1 aromatic rings. The Bertz CT molecular complexity index is 517. The summed E-state index contributed by atoms with van der Waals surface area (Å²) in [5, 5.41) is 8.33. The lowest BCUT2D eigenvalue weighted by molar-refractivity contribution is 0.307. The predicted molar refractivity (Wildman–Crippen MR) is 70.2 cm³/mol. The molecule has 1 aromatic carbocycles. The van der Waals surface area contributed by atoms with Gasteiger partial charge in [0.25, 0.3) is 0 Å². The molecule has 0 aliphatic carbocycles. The number of hydrogen-bond acceptors (Lipinski definition) is 4. The molecule has 0 bridgehead atoms. The second-order valence-corrected chi connectivity index (χ2v) is 6.26. The van der Waals surface area contributed by atoms with Crippen LogP contribution in [0.2, 0.25) is 0 Å². The number of hydrogen-bond donors (Lipinski definition) is 0. The summed E-state index contributed by atoms with van der Waals surface area (Å²) < 4.78 is 28.1. The molecule has 0 amide bonds. The Morgan fingerprint density at radius 3 is 2.67 bits per heavy atom. The van der Waals surface area contributed by atoms with E-state index in [0.29, 0.717) is 19.4 Å². The molecule has 0 aliphatic heterocycles. The van der Waals surface area contributed by atoms with Crippen LogP contribution in [0.3, 0.4) is 0 Å². The third-order valence-corrected chi connectivity index (χ3v) is 3.96. The molecule has 0 radical (unpaired) electrons. The summed E-state index contributed by atoms with van der Waals surface area (Å²) in [6, 6.07) is 9.36. The number of nitrogens with zero attached hydrogens (tertiary/aromatic N) is 1. The van der Waals surface area contributed by atoms with Gasteiger partial charge in [-0.1, -0.05) is 18.2 Å². The summed E-state index contributed by atoms with van der Waals surface area (Å²) in [4.78, 5) is 0. The smallest absolute Gasteiger partial charge is 0.163 e. The monoisotopic (exact) mass is 267 g/mol. The highest BCUT2D eigenvalue weighted by atomic mass is 32.2. The minimum absolute atomic E-state index is 0.0533. The molecule has 5 heteroatoms. The number of rotatable bonds is 7. The van der Waals surface area contributed by atoms with Crippen LogP contribution in [-0.4, -0.2) is 26.5 Å². The molecule has 98 valence electrons. The van der Waals surface area contributed by atoms with Gasteiger partial charge >= 0.3 is 0 Å². The summed E-state index contributed by atoms with van der Waals surface area (Å²) in [5.41, 5.74) is 1.06. The molecule has 0 aliphatic rings. The van der Waals surface area contributed by atoms with Crippen molar-refractivity contribution in [3.8, 4) is 11.8 Å². The molecule has 0 heterocycles. The second kappa shape index (κ2) is 7.02. The van der Waals surface area contributed by atoms with Crippen LogP contribution in [0.15, 0.2) is 24.3 Å². The van der Waals surface area contributed by atoms with E-state index in [-0.39, 0.29) is 5.75 Å². The van der Waals surface area contributed by atoms with Crippen LogP contribution in [0.25, 0.3) is 0 Å². The number of benzene rings is 1.